The number of methoxy groups -OCH3 is 1. The molecule has 0 heterocycles. The van der Waals surface area contributed by atoms with Crippen molar-refractivity contribution in [2.24, 2.45) is 0 Å². The Balaban J connectivity index is 1.71. The molecule has 1 aliphatic rings. The van der Waals surface area contributed by atoms with E-state index < -0.39 is 12.1 Å². The van der Waals surface area contributed by atoms with Crippen molar-refractivity contribution in [2.45, 2.75) is 31.9 Å². The summed E-state index contributed by atoms with van der Waals surface area (Å²) < 4.78 is 15.3. The van der Waals surface area contributed by atoms with Gasteiger partial charge in [-0.25, -0.2) is 4.79 Å². The zero-order valence-corrected chi connectivity index (χ0v) is 12.1. The van der Waals surface area contributed by atoms with Gasteiger partial charge < -0.3 is 19.5 Å². The minimum absolute atomic E-state index is 0.243. The largest absolute Gasteiger partial charge is 0.497 e. The minimum Gasteiger partial charge on any atom is -0.497 e. The Morgan fingerprint density at radius 1 is 1.24 bits per heavy atom. The second kappa shape index (κ2) is 6.97. The molecule has 1 amide bonds. The van der Waals surface area contributed by atoms with Gasteiger partial charge in [-0.3, -0.25) is 4.79 Å². The van der Waals surface area contributed by atoms with Crippen LogP contribution in [0.2, 0.25) is 0 Å². The van der Waals surface area contributed by atoms with Crippen LogP contribution < -0.4 is 14.8 Å². The first-order valence-electron chi connectivity index (χ1n) is 6.85. The molecule has 1 aromatic carbocycles. The molecule has 0 radical (unpaired) electrons. The van der Waals surface area contributed by atoms with E-state index in [0.717, 1.165) is 12.8 Å². The average molecular weight is 293 g/mol. The van der Waals surface area contributed by atoms with Gasteiger partial charge in [-0.1, -0.05) is 0 Å². The summed E-state index contributed by atoms with van der Waals surface area (Å²) in [6.45, 7) is 1.30. The Bertz CT molecular complexity index is 495. The summed E-state index contributed by atoms with van der Waals surface area (Å²) in [4.78, 5) is 23.2. The van der Waals surface area contributed by atoms with E-state index in [1.165, 1.54) is 0 Å². The maximum atomic E-state index is 11.6. The Morgan fingerprint density at radius 2 is 1.86 bits per heavy atom. The molecule has 114 valence electrons. The monoisotopic (exact) mass is 293 g/mol. The molecule has 1 aliphatic carbocycles. The average Bonchev–Trinajstić information content (AvgIpc) is 3.29. The maximum Gasteiger partial charge on any atom is 0.344 e. The van der Waals surface area contributed by atoms with Gasteiger partial charge in [0.25, 0.3) is 5.91 Å². The summed E-state index contributed by atoms with van der Waals surface area (Å²) in [5.74, 6) is 0.387. The fourth-order valence-corrected chi connectivity index (χ4v) is 1.65. The molecule has 1 N–H and O–H groups in total. The normalized spacial score (nSPS) is 15.0. The van der Waals surface area contributed by atoms with Crippen molar-refractivity contribution in [3.05, 3.63) is 24.3 Å². The van der Waals surface area contributed by atoms with Crippen molar-refractivity contribution < 1.29 is 23.8 Å². The van der Waals surface area contributed by atoms with Crippen molar-refractivity contribution in [1.29, 1.82) is 0 Å². The van der Waals surface area contributed by atoms with Crippen LogP contribution in [-0.4, -0.2) is 37.7 Å². The molecule has 1 saturated carbocycles. The molecule has 1 fully saturated rings. The van der Waals surface area contributed by atoms with E-state index in [9.17, 15) is 9.59 Å². The fraction of sp³-hybridized carbons (Fsp3) is 0.467. The van der Waals surface area contributed by atoms with Gasteiger partial charge in [0.05, 0.1) is 7.11 Å². The number of carbonyl (C=O) groups is 2. The number of carbonyl (C=O) groups excluding carboxylic acids is 2. The zero-order valence-electron chi connectivity index (χ0n) is 12.1. The number of esters is 1. The third kappa shape index (κ3) is 4.98. The van der Waals surface area contributed by atoms with E-state index >= 15 is 0 Å². The molecule has 0 spiro atoms. The van der Waals surface area contributed by atoms with Crippen molar-refractivity contribution in [3.63, 3.8) is 0 Å². The maximum absolute atomic E-state index is 11.6. The summed E-state index contributed by atoms with van der Waals surface area (Å²) in [6.07, 6.45) is 1.18. The molecule has 6 heteroatoms. The second-order valence-electron chi connectivity index (χ2n) is 4.88. The standard InChI is InChI=1S/C15H19NO5/c1-10(15(18)16-11-3-4-11)21-14(17)9-20-13-7-5-12(19-2)6-8-13/h5-8,10-11H,3-4,9H2,1-2H3,(H,16,18)/t10-/m0/s1. The summed E-state index contributed by atoms with van der Waals surface area (Å²) in [5, 5.41) is 2.77. The summed E-state index contributed by atoms with van der Waals surface area (Å²) in [6, 6.07) is 7.08. The molecule has 0 aromatic heterocycles. The highest BCUT2D eigenvalue weighted by Gasteiger charge is 2.27. The fourth-order valence-electron chi connectivity index (χ4n) is 1.65. The van der Waals surface area contributed by atoms with Crippen LogP contribution in [0.4, 0.5) is 0 Å². The summed E-state index contributed by atoms with van der Waals surface area (Å²) in [7, 11) is 1.57. The number of hydrogen-bond acceptors (Lipinski definition) is 5. The van der Waals surface area contributed by atoms with Crippen LogP contribution in [0, 0.1) is 0 Å². The van der Waals surface area contributed by atoms with Gasteiger partial charge >= 0.3 is 5.97 Å². The van der Waals surface area contributed by atoms with Gasteiger partial charge in [-0.2, -0.15) is 0 Å². The highest BCUT2D eigenvalue weighted by Crippen LogP contribution is 2.19. The SMILES string of the molecule is COc1ccc(OCC(=O)O[C@@H](C)C(=O)NC2CC2)cc1. The highest BCUT2D eigenvalue weighted by molar-refractivity contribution is 5.84. The first-order valence-corrected chi connectivity index (χ1v) is 6.85. The molecular weight excluding hydrogens is 274 g/mol. The highest BCUT2D eigenvalue weighted by atomic mass is 16.6. The zero-order chi connectivity index (χ0) is 15.2. The molecule has 0 saturated heterocycles. The first-order chi connectivity index (χ1) is 10.1. The number of ether oxygens (including phenoxy) is 3. The van der Waals surface area contributed by atoms with Crippen molar-refractivity contribution in [3.8, 4) is 11.5 Å². The Kier molecular flexibility index (Phi) is 5.03. The van der Waals surface area contributed by atoms with E-state index in [0.29, 0.717) is 11.5 Å². The topological polar surface area (TPSA) is 73.9 Å². The van der Waals surface area contributed by atoms with Crippen molar-refractivity contribution in [1.82, 2.24) is 5.32 Å². The molecule has 0 unspecified atom stereocenters. The van der Waals surface area contributed by atoms with Crippen LogP contribution >= 0.6 is 0 Å². The molecule has 21 heavy (non-hydrogen) atoms. The van der Waals surface area contributed by atoms with Crippen LogP contribution in [-0.2, 0) is 14.3 Å². The van der Waals surface area contributed by atoms with Gasteiger partial charge in [0, 0.05) is 6.04 Å². The smallest absolute Gasteiger partial charge is 0.344 e. The number of nitrogens with one attached hydrogen (secondary N) is 1. The van der Waals surface area contributed by atoms with Gasteiger partial charge in [0.2, 0.25) is 0 Å². The quantitative estimate of drug-likeness (QED) is 0.767. The van der Waals surface area contributed by atoms with Gasteiger partial charge in [0.1, 0.15) is 11.5 Å². The van der Waals surface area contributed by atoms with Gasteiger partial charge in [-0.15, -0.1) is 0 Å². The third-order valence-electron chi connectivity index (χ3n) is 3.02. The van der Waals surface area contributed by atoms with Crippen molar-refractivity contribution >= 4 is 11.9 Å². The van der Waals surface area contributed by atoms with Crippen molar-refractivity contribution in [2.75, 3.05) is 13.7 Å². The van der Waals surface area contributed by atoms with E-state index in [4.69, 9.17) is 14.2 Å². The molecule has 1 aromatic rings. The third-order valence-corrected chi connectivity index (χ3v) is 3.02. The lowest BCUT2D eigenvalue weighted by atomic mass is 10.3. The molecule has 1 atom stereocenters. The van der Waals surface area contributed by atoms with E-state index in [1.807, 2.05) is 0 Å². The number of benzene rings is 1. The lowest BCUT2D eigenvalue weighted by molar-refractivity contribution is -0.156. The number of amides is 1. The molecule has 2 rings (SSSR count). The van der Waals surface area contributed by atoms with E-state index in [1.54, 1.807) is 38.3 Å². The molecular formula is C15H19NO5. The molecule has 0 bridgehead atoms. The van der Waals surface area contributed by atoms with E-state index in [2.05, 4.69) is 5.32 Å². The second-order valence-corrected chi connectivity index (χ2v) is 4.88. The van der Waals surface area contributed by atoms with E-state index in [-0.39, 0.29) is 18.6 Å². The van der Waals surface area contributed by atoms with Gasteiger partial charge in [0.15, 0.2) is 12.7 Å². The predicted octanol–water partition coefficient (Wildman–Crippen LogP) is 1.28. The Hall–Kier alpha value is -2.24. The lowest BCUT2D eigenvalue weighted by Crippen LogP contribution is -2.37. The predicted molar refractivity (Wildman–Crippen MR) is 75.2 cm³/mol. The molecule has 0 aliphatic heterocycles. The van der Waals surface area contributed by atoms with Gasteiger partial charge in [-0.05, 0) is 44.0 Å². The molecule has 6 nitrogen and oxygen atoms in total. The first kappa shape index (κ1) is 15.2. The van der Waals surface area contributed by atoms with Crippen LogP contribution in [0.5, 0.6) is 11.5 Å². The summed E-state index contributed by atoms with van der Waals surface area (Å²) >= 11 is 0. The summed E-state index contributed by atoms with van der Waals surface area (Å²) in [5.41, 5.74) is 0. The van der Waals surface area contributed by atoms with Crippen LogP contribution in [0.25, 0.3) is 0 Å². The van der Waals surface area contributed by atoms with Crippen LogP contribution in [0.15, 0.2) is 24.3 Å². The van der Waals surface area contributed by atoms with Crippen LogP contribution in [0.3, 0.4) is 0 Å². The minimum atomic E-state index is -0.808. The lowest BCUT2D eigenvalue weighted by Gasteiger charge is -2.13. The number of hydrogen-bond donors (Lipinski definition) is 1. The Morgan fingerprint density at radius 3 is 2.43 bits per heavy atom. The Labute approximate surface area is 123 Å². The number of rotatable bonds is 7. The van der Waals surface area contributed by atoms with Crippen LogP contribution in [0.1, 0.15) is 19.8 Å².